The Labute approximate surface area is 151 Å². The highest BCUT2D eigenvalue weighted by Crippen LogP contribution is 2.28. The molecule has 3 rings (SSSR count). The lowest BCUT2D eigenvalue weighted by Crippen LogP contribution is -2.04. The van der Waals surface area contributed by atoms with Gasteiger partial charge in [0.25, 0.3) is 6.01 Å². The summed E-state index contributed by atoms with van der Waals surface area (Å²) >= 11 is 8.25. The third kappa shape index (κ3) is 3.28. The van der Waals surface area contributed by atoms with Gasteiger partial charge in [0.15, 0.2) is 0 Å². The summed E-state index contributed by atoms with van der Waals surface area (Å²) in [5, 5.41) is 0.650. The molecule has 3 aromatic rings. The maximum Gasteiger partial charge on any atom is 0.338 e. The van der Waals surface area contributed by atoms with Crippen LogP contribution in [0.15, 0.2) is 30.3 Å². The number of carbonyl (C=O) groups excluding carboxylic acids is 1. The zero-order valence-corrected chi connectivity index (χ0v) is 15.2. The van der Waals surface area contributed by atoms with Crippen molar-refractivity contribution >= 4 is 51.2 Å². The van der Waals surface area contributed by atoms with Crippen molar-refractivity contribution in [2.75, 3.05) is 7.11 Å². The summed E-state index contributed by atoms with van der Waals surface area (Å²) in [6.45, 7) is 1.83. The van der Waals surface area contributed by atoms with Crippen molar-refractivity contribution in [3.63, 3.8) is 0 Å². The van der Waals surface area contributed by atoms with E-state index in [-0.39, 0.29) is 0 Å². The number of nitrogens with one attached hydrogen (secondary N) is 1. The Balaban J connectivity index is 1.94. The van der Waals surface area contributed by atoms with Crippen LogP contribution in [0.4, 0.5) is 0 Å². The Kier molecular flexibility index (Phi) is 4.45. The summed E-state index contributed by atoms with van der Waals surface area (Å²) in [5.41, 5.74) is 2.81. The quantitative estimate of drug-likeness (QED) is 0.471. The number of fused-ring (bicyclic) bond motifs is 1. The van der Waals surface area contributed by atoms with Gasteiger partial charge in [0.2, 0.25) is 0 Å². The van der Waals surface area contributed by atoms with Crippen molar-refractivity contribution < 1.29 is 14.3 Å². The Morgan fingerprint density at radius 3 is 2.83 bits per heavy atom. The molecular weight excluding hydrogens is 431 g/mol. The number of aryl methyl sites for hydroxylation is 1. The summed E-state index contributed by atoms with van der Waals surface area (Å²) in [6.07, 6.45) is 0. The number of carbonyl (C=O) groups is 1. The molecule has 1 N–H and O–H groups in total. The minimum atomic E-state index is -0.404. The number of aromatic amines is 1. The van der Waals surface area contributed by atoms with Crippen LogP contribution in [-0.4, -0.2) is 23.0 Å². The summed E-state index contributed by atoms with van der Waals surface area (Å²) < 4.78 is 11.4. The molecule has 0 amide bonds. The largest absolute Gasteiger partial charge is 0.465 e. The van der Waals surface area contributed by atoms with Crippen LogP contribution in [0.2, 0.25) is 5.02 Å². The van der Waals surface area contributed by atoms with Crippen molar-refractivity contribution in [2.45, 2.75) is 6.92 Å². The minimum absolute atomic E-state index is 0.331. The third-order valence-corrected chi connectivity index (χ3v) is 4.86. The number of methoxy groups -OCH3 is 1. The first kappa shape index (κ1) is 16.1. The van der Waals surface area contributed by atoms with E-state index in [0.717, 1.165) is 20.2 Å². The molecule has 0 saturated heterocycles. The van der Waals surface area contributed by atoms with Gasteiger partial charge in [0.1, 0.15) is 5.75 Å². The average Bonchev–Trinajstić information content (AvgIpc) is 2.90. The number of H-pyrrole nitrogens is 1. The van der Waals surface area contributed by atoms with Gasteiger partial charge in [-0.1, -0.05) is 17.7 Å². The number of nitrogens with zero attached hydrogens (tertiary/aromatic N) is 1. The van der Waals surface area contributed by atoms with E-state index >= 15 is 0 Å². The average molecular weight is 443 g/mol. The highest BCUT2D eigenvalue weighted by Gasteiger charge is 2.12. The Morgan fingerprint density at radius 1 is 1.30 bits per heavy atom. The normalized spacial score (nSPS) is 10.8. The van der Waals surface area contributed by atoms with Crippen LogP contribution in [0.1, 0.15) is 15.9 Å². The van der Waals surface area contributed by atoms with Gasteiger partial charge < -0.3 is 14.5 Å². The highest BCUT2D eigenvalue weighted by atomic mass is 127. The van der Waals surface area contributed by atoms with Gasteiger partial charge in [-0.05, 0) is 59.3 Å². The number of ether oxygens (including phenoxy) is 2. The molecule has 0 saturated carbocycles. The molecule has 118 valence electrons. The van der Waals surface area contributed by atoms with E-state index in [2.05, 4.69) is 32.6 Å². The van der Waals surface area contributed by atoms with E-state index in [0.29, 0.717) is 22.3 Å². The molecule has 2 aromatic carbocycles. The predicted molar refractivity (Wildman–Crippen MR) is 96.4 cm³/mol. The first-order chi connectivity index (χ1) is 11.0. The van der Waals surface area contributed by atoms with Crippen molar-refractivity contribution in [2.24, 2.45) is 0 Å². The summed E-state index contributed by atoms with van der Waals surface area (Å²) in [6, 6.07) is 9.20. The number of benzene rings is 2. The van der Waals surface area contributed by atoms with E-state index in [1.807, 2.05) is 13.0 Å². The van der Waals surface area contributed by atoms with Crippen molar-refractivity contribution in [3.8, 4) is 11.8 Å². The maximum atomic E-state index is 11.7. The number of aromatic nitrogens is 2. The van der Waals surface area contributed by atoms with Crippen LogP contribution >= 0.6 is 34.2 Å². The van der Waals surface area contributed by atoms with E-state index in [4.69, 9.17) is 21.1 Å². The van der Waals surface area contributed by atoms with Crippen LogP contribution in [0.5, 0.6) is 11.8 Å². The SMILES string of the molecule is COC(=O)c1cc(Oc2nc3cc(I)c(Cl)cc3[nH]2)ccc1C. The smallest absolute Gasteiger partial charge is 0.338 e. The second-order valence-electron chi connectivity index (χ2n) is 4.90. The molecule has 0 radical (unpaired) electrons. The molecule has 0 spiro atoms. The minimum Gasteiger partial charge on any atom is -0.465 e. The van der Waals surface area contributed by atoms with Gasteiger partial charge in [0.05, 0.1) is 28.7 Å². The zero-order chi connectivity index (χ0) is 16.6. The summed E-state index contributed by atoms with van der Waals surface area (Å²) in [7, 11) is 1.35. The molecule has 0 aliphatic heterocycles. The molecular formula is C16H12ClIN2O3. The first-order valence-electron chi connectivity index (χ1n) is 6.69. The fourth-order valence-electron chi connectivity index (χ4n) is 2.14. The van der Waals surface area contributed by atoms with Gasteiger partial charge >= 0.3 is 5.97 Å². The zero-order valence-electron chi connectivity index (χ0n) is 12.3. The molecule has 0 fully saturated rings. The lowest BCUT2D eigenvalue weighted by atomic mass is 10.1. The molecule has 0 bridgehead atoms. The fourth-order valence-corrected chi connectivity index (χ4v) is 2.75. The Morgan fingerprint density at radius 2 is 2.09 bits per heavy atom. The lowest BCUT2D eigenvalue weighted by molar-refractivity contribution is 0.0599. The van der Waals surface area contributed by atoms with E-state index < -0.39 is 5.97 Å². The van der Waals surface area contributed by atoms with Crippen molar-refractivity contribution in [1.82, 2.24) is 9.97 Å². The van der Waals surface area contributed by atoms with Crippen LogP contribution in [0, 0.1) is 10.5 Å². The van der Waals surface area contributed by atoms with Gasteiger partial charge in [-0.15, -0.1) is 0 Å². The van der Waals surface area contributed by atoms with Crippen LogP contribution in [-0.2, 0) is 4.74 Å². The molecule has 1 aromatic heterocycles. The van der Waals surface area contributed by atoms with Gasteiger partial charge in [-0.3, -0.25) is 0 Å². The number of hydrogen-bond donors (Lipinski definition) is 1. The topological polar surface area (TPSA) is 64.2 Å². The van der Waals surface area contributed by atoms with Gasteiger partial charge in [-0.2, -0.15) is 4.98 Å². The number of esters is 1. The van der Waals surface area contributed by atoms with Gasteiger partial charge in [-0.25, -0.2) is 4.79 Å². The van der Waals surface area contributed by atoms with E-state index in [9.17, 15) is 4.79 Å². The predicted octanol–water partition coefficient (Wildman–Crippen LogP) is 4.71. The highest BCUT2D eigenvalue weighted by molar-refractivity contribution is 14.1. The van der Waals surface area contributed by atoms with Crippen LogP contribution in [0.25, 0.3) is 11.0 Å². The molecule has 5 nitrogen and oxygen atoms in total. The maximum absolute atomic E-state index is 11.7. The van der Waals surface area contributed by atoms with Crippen LogP contribution < -0.4 is 4.74 Å². The Hall–Kier alpha value is -1.80. The monoisotopic (exact) mass is 442 g/mol. The molecule has 7 heteroatoms. The standard InChI is InChI=1S/C16H12ClIN2O3/c1-8-3-4-9(5-10(8)15(21)22-2)23-16-19-13-6-11(17)12(18)7-14(13)20-16/h3-7H,1-2H3,(H,19,20). The summed E-state index contributed by atoms with van der Waals surface area (Å²) in [5.74, 6) is 0.0924. The second-order valence-corrected chi connectivity index (χ2v) is 6.47. The molecule has 0 aliphatic carbocycles. The van der Waals surface area contributed by atoms with Crippen molar-refractivity contribution in [3.05, 3.63) is 50.1 Å². The fraction of sp³-hybridized carbons (Fsp3) is 0.125. The van der Waals surface area contributed by atoms with Crippen LogP contribution in [0.3, 0.4) is 0 Å². The molecule has 0 atom stereocenters. The number of rotatable bonds is 3. The Bertz CT molecular complexity index is 869. The molecule has 0 unspecified atom stereocenters. The van der Waals surface area contributed by atoms with E-state index in [1.54, 1.807) is 24.3 Å². The number of hydrogen-bond acceptors (Lipinski definition) is 4. The van der Waals surface area contributed by atoms with E-state index in [1.165, 1.54) is 7.11 Å². The van der Waals surface area contributed by atoms with Gasteiger partial charge in [0, 0.05) is 3.57 Å². The second kappa shape index (κ2) is 6.37. The molecule has 1 heterocycles. The number of imidazole rings is 1. The molecule has 23 heavy (non-hydrogen) atoms. The summed E-state index contributed by atoms with van der Waals surface area (Å²) in [4.78, 5) is 19.2. The first-order valence-corrected chi connectivity index (χ1v) is 8.15. The third-order valence-electron chi connectivity index (χ3n) is 3.33. The number of halogens is 2. The molecule has 0 aliphatic rings. The van der Waals surface area contributed by atoms with Crippen molar-refractivity contribution in [1.29, 1.82) is 0 Å². The lowest BCUT2D eigenvalue weighted by Gasteiger charge is -2.07.